The molecule has 1 fully saturated rings. The van der Waals surface area contributed by atoms with Crippen molar-refractivity contribution < 1.29 is 9.90 Å². The number of benzene rings is 1. The molecular weight excluding hydrogens is 262 g/mol. The van der Waals surface area contributed by atoms with Gasteiger partial charge in [0.2, 0.25) is 0 Å². The van der Waals surface area contributed by atoms with E-state index in [0.29, 0.717) is 6.54 Å². The molecule has 1 aliphatic heterocycles. The molecule has 116 valence electrons. The van der Waals surface area contributed by atoms with Crippen LogP contribution < -0.4 is 0 Å². The van der Waals surface area contributed by atoms with Crippen LogP contribution in [0, 0.1) is 5.92 Å². The summed E-state index contributed by atoms with van der Waals surface area (Å²) in [4.78, 5) is 14.8. The third-order valence-electron chi connectivity index (χ3n) is 4.33. The number of carbonyl (C=O) groups excluding carboxylic acids is 1. The van der Waals surface area contributed by atoms with Crippen LogP contribution in [0.15, 0.2) is 24.3 Å². The lowest BCUT2D eigenvalue weighted by Gasteiger charge is -2.31. The fraction of sp³-hybridized carbons (Fsp3) is 0.611. The number of nitrogens with zero attached hydrogens (tertiary/aromatic N) is 1. The molecule has 1 aromatic carbocycles. The fourth-order valence-electron chi connectivity index (χ4n) is 2.98. The summed E-state index contributed by atoms with van der Waals surface area (Å²) in [5, 5.41) is 9.04. The molecule has 1 aromatic rings. The van der Waals surface area contributed by atoms with Crippen LogP contribution in [0.2, 0.25) is 0 Å². The van der Waals surface area contributed by atoms with Crippen LogP contribution in [0.1, 0.15) is 49.5 Å². The van der Waals surface area contributed by atoms with Gasteiger partial charge in [0.1, 0.15) is 0 Å². The highest BCUT2D eigenvalue weighted by atomic mass is 16.3. The van der Waals surface area contributed by atoms with Gasteiger partial charge in [-0.25, -0.2) is 0 Å². The molecule has 2 rings (SSSR count). The Morgan fingerprint density at radius 2 is 1.95 bits per heavy atom. The topological polar surface area (TPSA) is 40.5 Å². The van der Waals surface area contributed by atoms with E-state index in [2.05, 4.69) is 37.8 Å². The molecule has 1 aliphatic rings. The largest absolute Gasteiger partial charge is 0.395 e. The number of aliphatic hydroxyl groups excluding tert-OH is 1. The minimum atomic E-state index is 0.0748. The Hall–Kier alpha value is -1.19. The van der Waals surface area contributed by atoms with Crippen LogP contribution in [-0.4, -0.2) is 42.0 Å². The molecule has 1 saturated heterocycles. The van der Waals surface area contributed by atoms with E-state index >= 15 is 0 Å². The van der Waals surface area contributed by atoms with E-state index in [1.165, 1.54) is 5.56 Å². The van der Waals surface area contributed by atoms with Crippen LogP contribution in [-0.2, 0) is 5.41 Å². The van der Waals surface area contributed by atoms with Crippen molar-refractivity contribution in [2.24, 2.45) is 5.92 Å². The summed E-state index contributed by atoms with van der Waals surface area (Å²) in [7, 11) is 0. The van der Waals surface area contributed by atoms with E-state index in [0.717, 1.165) is 31.5 Å². The molecule has 1 N–H and O–H groups in total. The average molecular weight is 289 g/mol. The van der Waals surface area contributed by atoms with Gasteiger partial charge in [0.25, 0.3) is 0 Å². The second-order valence-electron chi connectivity index (χ2n) is 7.05. The zero-order valence-corrected chi connectivity index (χ0v) is 13.4. The summed E-state index contributed by atoms with van der Waals surface area (Å²) in [6.45, 7) is 9.15. The lowest BCUT2D eigenvalue weighted by molar-refractivity contribution is 0.0794. The van der Waals surface area contributed by atoms with E-state index in [9.17, 15) is 4.79 Å². The van der Waals surface area contributed by atoms with Gasteiger partial charge in [0.15, 0.2) is 5.78 Å². The van der Waals surface area contributed by atoms with Gasteiger partial charge in [-0.05, 0) is 30.4 Å². The number of aliphatic hydroxyl groups is 1. The Bertz CT molecular complexity index is 471. The molecule has 0 unspecified atom stereocenters. The second kappa shape index (κ2) is 6.71. The first-order valence-corrected chi connectivity index (χ1v) is 7.90. The standard InChI is InChI=1S/C18H27NO2/c1-18(2,3)16-8-6-14(7-9-16)17(21)15-5-4-10-19(13-15)11-12-20/h6-9,15,20H,4-5,10-13H2,1-3H3/t15-/m1/s1. The van der Waals surface area contributed by atoms with Crippen LogP contribution in [0.25, 0.3) is 0 Å². The number of hydrogen-bond donors (Lipinski definition) is 1. The number of ketones is 1. The Kier molecular flexibility index (Phi) is 5.17. The lowest BCUT2D eigenvalue weighted by atomic mass is 9.85. The highest BCUT2D eigenvalue weighted by molar-refractivity contribution is 5.98. The number of likely N-dealkylation sites (tertiary alicyclic amines) is 1. The van der Waals surface area contributed by atoms with E-state index in [1.54, 1.807) is 0 Å². The maximum absolute atomic E-state index is 12.6. The van der Waals surface area contributed by atoms with Crippen molar-refractivity contribution in [3.63, 3.8) is 0 Å². The second-order valence-corrected chi connectivity index (χ2v) is 7.05. The van der Waals surface area contributed by atoms with Crippen molar-refractivity contribution in [1.29, 1.82) is 0 Å². The molecule has 3 nitrogen and oxygen atoms in total. The Labute approximate surface area is 128 Å². The van der Waals surface area contributed by atoms with Crippen molar-refractivity contribution in [3.05, 3.63) is 35.4 Å². The number of piperidine rings is 1. The predicted octanol–water partition coefficient (Wildman–Crippen LogP) is 2.87. The quantitative estimate of drug-likeness (QED) is 0.867. The van der Waals surface area contributed by atoms with E-state index in [1.807, 2.05) is 12.1 Å². The molecule has 0 radical (unpaired) electrons. The van der Waals surface area contributed by atoms with Gasteiger partial charge in [-0.15, -0.1) is 0 Å². The van der Waals surface area contributed by atoms with Crippen LogP contribution >= 0.6 is 0 Å². The molecule has 0 amide bonds. The van der Waals surface area contributed by atoms with Crippen molar-refractivity contribution >= 4 is 5.78 Å². The normalized spacial score (nSPS) is 20.5. The van der Waals surface area contributed by atoms with Crippen molar-refractivity contribution in [2.45, 2.75) is 39.0 Å². The number of rotatable bonds is 4. The van der Waals surface area contributed by atoms with Crippen LogP contribution in [0.3, 0.4) is 0 Å². The SMILES string of the molecule is CC(C)(C)c1ccc(C(=O)[C@@H]2CCCN(CCO)C2)cc1. The van der Waals surface area contributed by atoms with E-state index < -0.39 is 0 Å². The Morgan fingerprint density at radius 3 is 2.52 bits per heavy atom. The summed E-state index contributed by atoms with van der Waals surface area (Å²) < 4.78 is 0. The van der Waals surface area contributed by atoms with Gasteiger partial charge in [-0.1, -0.05) is 45.0 Å². The molecule has 0 saturated carbocycles. The van der Waals surface area contributed by atoms with Crippen molar-refractivity contribution in [2.75, 3.05) is 26.2 Å². The zero-order valence-electron chi connectivity index (χ0n) is 13.4. The highest BCUT2D eigenvalue weighted by Gasteiger charge is 2.26. The minimum absolute atomic E-state index is 0.0748. The summed E-state index contributed by atoms with van der Waals surface area (Å²) in [5.41, 5.74) is 2.19. The monoisotopic (exact) mass is 289 g/mol. The van der Waals surface area contributed by atoms with Gasteiger partial charge in [-0.2, -0.15) is 0 Å². The first-order valence-electron chi connectivity index (χ1n) is 7.90. The molecule has 3 heteroatoms. The molecule has 1 atom stereocenters. The maximum Gasteiger partial charge on any atom is 0.167 e. The first kappa shape index (κ1) is 16.2. The average Bonchev–Trinajstić information content (AvgIpc) is 2.46. The molecule has 0 aliphatic carbocycles. The molecule has 1 heterocycles. The summed E-state index contributed by atoms with van der Waals surface area (Å²) in [6.07, 6.45) is 2.00. The third kappa shape index (κ3) is 4.14. The molecule has 0 aromatic heterocycles. The van der Waals surface area contributed by atoms with E-state index in [-0.39, 0.29) is 23.7 Å². The van der Waals surface area contributed by atoms with Gasteiger partial charge >= 0.3 is 0 Å². The number of carbonyl (C=O) groups is 1. The highest BCUT2D eigenvalue weighted by Crippen LogP contribution is 2.25. The summed E-state index contributed by atoms with van der Waals surface area (Å²) in [6, 6.07) is 8.07. The Balaban J connectivity index is 2.05. The van der Waals surface area contributed by atoms with E-state index in [4.69, 9.17) is 5.11 Å². The van der Waals surface area contributed by atoms with Gasteiger partial charge in [-0.3, -0.25) is 4.79 Å². The third-order valence-corrected chi connectivity index (χ3v) is 4.33. The van der Waals surface area contributed by atoms with Crippen molar-refractivity contribution in [3.8, 4) is 0 Å². The molecule has 0 spiro atoms. The molecule has 0 bridgehead atoms. The smallest absolute Gasteiger partial charge is 0.167 e. The fourth-order valence-corrected chi connectivity index (χ4v) is 2.98. The number of β-amino-alcohol motifs (C(OH)–C–C–N with tert-alkyl or cyclic N) is 1. The first-order chi connectivity index (χ1) is 9.91. The van der Waals surface area contributed by atoms with Gasteiger partial charge in [0, 0.05) is 24.6 Å². The lowest BCUT2D eigenvalue weighted by Crippen LogP contribution is -2.40. The van der Waals surface area contributed by atoms with Gasteiger partial charge < -0.3 is 10.0 Å². The maximum atomic E-state index is 12.6. The van der Waals surface area contributed by atoms with Crippen molar-refractivity contribution in [1.82, 2.24) is 4.90 Å². The predicted molar refractivity (Wildman–Crippen MR) is 85.7 cm³/mol. The zero-order chi connectivity index (χ0) is 15.5. The molecule has 21 heavy (non-hydrogen) atoms. The van der Waals surface area contributed by atoms with Gasteiger partial charge in [0.05, 0.1) is 6.61 Å². The Morgan fingerprint density at radius 1 is 1.29 bits per heavy atom. The summed E-state index contributed by atoms with van der Waals surface area (Å²) in [5.74, 6) is 0.323. The number of hydrogen-bond acceptors (Lipinski definition) is 3. The number of Topliss-reactive ketones (excluding diaryl/α,β-unsaturated/α-hetero) is 1. The molecular formula is C18H27NO2. The van der Waals surface area contributed by atoms with Crippen LogP contribution in [0.5, 0.6) is 0 Å². The minimum Gasteiger partial charge on any atom is -0.395 e. The summed E-state index contributed by atoms with van der Waals surface area (Å²) >= 11 is 0. The van der Waals surface area contributed by atoms with Crippen LogP contribution in [0.4, 0.5) is 0 Å².